The SMILES string of the molecule is COC(=O)C1=C(CN2CCSCC2)NC(=O)NC1c1ccccc1Cl. The van der Waals surface area contributed by atoms with Crippen LogP contribution in [0.2, 0.25) is 5.02 Å². The Labute approximate surface area is 155 Å². The van der Waals surface area contributed by atoms with E-state index in [-0.39, 0.29) is 6.03 Å². The van der Waals surface area contributed by atoms with Gasteiger partial charge >= 0.3 is 12.0 Å². The number of esters is 1. The number of thioether (sulfide) groups is 1. The van der Waals surface area contributed by atoms with Crippen LogP contribution in [0.15, 0.2) is 35.5 Å². The molecule has 1 atom stereocenters. The largest absolute Gasteiger partial charge is 0.466 e. The molecule has 0 aromatic heterocycles. The summed E-state index contributed by atoms with van der Waals surface area (Å²) in [6, 6.07) is 6.19. The molecule has 0 aliphatic carbocycles. The molecule has 1 aromatic carbocycles. The molecule has 25 heavy (non-hydrogen) atoms. The Morgan fingerprint density at radius 2 is 2.08 bits per heavy atom. The zero-order valence-corrected chi connectivity index (χ0v) is 15.5. The normalized spacial score (nSPS) is 21.5. The Balaban J connectivity index is 2.00. The van der Waals surface area contributed by atoms with Crippen molar-refractivity contribution in [3.8, 4) is 0 Å². The van der Waals surface area contributed by atoms with Crippen molar-refractivity contribution >= 4 is 35.4 Å². The summed E-state index contributed by atoms with van der Waals surface area (Å²) in [7, 11) is 1.34. The molecule has 3 rings (SSSR count). The molecule has 6 nitrogen and oxygen atoms in total. The molecule has 2 amide bonds. The van der Waals surface area contributed by atoms with E-state index in [9.17, 15) is 9.59 Å². The first kappa shape index (κ1) is 18.1. The van der Waals surface area contributed by atoms with E-state index >= 15 is 0 Å². The van der Waals surface area contributed by atoms with Crippen molar-refractivity contribution in [2.75, 3.05) is 38.2 Å². The zero-order valence-electron chi connectivity index (χ0n) is 13.9. The summed E-state index contributed by atoms with van der Waals surface area (Å²) < 4.78 is 4.98. The molecule has 1 saturated heterocycles. The summed E-state index contributed by atoms with van der Waals surface area (Å²) in [6.07, 6.45) is 0. The Morgan fingerprint density at radius 3 is 2.76 bits per heavy atom. The van der Waals surface area contributed by atoms with Crippen LogP contribution in [0.5, 0.6) is 0 Å². The van der Waals surface area contributed by atoms with Crippen LogP contribution < -0.4 is 10.6 Å². The van der Waals surface area contributed by atoms with E-state index in [0.29, 0.717) is 28.4 Å². The summed E-state index contributed by atoms with van der Waals surface area (Å²) in [5, 5.41) is 6.07. The van der Waals surface area contributed by atoms with Crippen molar-refractivity contribution in [3.05, 3.63) is 46.1 Å². The van der Waals surface area contributed by atoms with Crippen molar-refractivity contribution < 1.29 is 14.3 Å². The third-order valence-electron chi connectivity index (χ3n) is 4.26. The molecule has 2 aliphatic heterocycles. The molecule has 1 unspecified atom stereocenters. The molecule has 2 aliphatic rings. The lowest BCUT2D eigenvalue weighted by Crippen LogP contribution is -2.49. The molecule has 1 fully saturated rings. The highest BCUT2D eigenvalue weighted by molar-refractivity contribution is 7.99. The maximum absolute atomic E-state index is 12.5. The van der Waals surface area contributed by atoms with Gasteiger partial charge in [0, 0.05) is 41.9 Å². The van der Waals surface area contributed by atoms with Crippen LogP contribution in [-0.4, -0.2) is 55.2 Å². The zero-order chi connectivity index (χ0) is 17.8. The van der Waals surface area contributed by atoms with Gasteiger partial charge in [-0.05, 0) is 11.6 Å². The van der Waals surface area contributed by atoms with E-state index < -0.39 is 12.0 Å². The molecule has 0 spiro atoms. The average molecular weight is 382 g/mol. The van der Waals surface area contributed by atoms with E-state index in [1.165, 1.54) is 7.11 Å². The second-order valence-electron chi connectivity index (χ2n) is 5.83. The number of amides is 2. The summed E-state index contributed by atoms with van der Waals surface area (Å²) in [5.74, 6) is 1.61. The molecular weight excluding hydrogens is 362 g/mol. The number of hydrogen-bond donors (Lipinski definition) is 2. The van der Waals surface area contributed by atoms with Gasteiger partial charge in [0.1, 0.15) is 0 Å². The van der Waals surface area contributed by atoms with Gasteiger partial charge in [0.2, 0.25) is 0 Å². The first-order valence-corrected chi connectivity index (χ1v) is 9.57. The predicted molar refractivity (Wildman–Crippen MR) is 98.7 cm³/mol. The topological polar surface area (TPSA) is 70.7 Å². The van der Waals surface area contributed by atoms with E-state index in [2.05, 4.69) is 15.5 Å². The third-order valence-corrected chi connectivity index (χ3v) is 5.55. The summed E-state index contributed by atoms with van der Waals surface area (Å²) >= 11 is 8.20. The molecule has 8 heteroatoms. The molecule has 134 valence electrons. The highest BCUT2D eigenvalue weighted by Gasteiger charge is 2.35. The smallest absolute Gasteiger partial charge is 0.338 e. The average Bonchev–Trinajstić information content (AvgIpc) is 2.62. The highest BCUT2D eigenvalue weighted by atomic mass is 35.5. The maximum Gasteiger partial charge on any atom is 0.338 e. The number of benzene rings is 1. The van der Waals surface area contributed by atoms with Crippen LogP contribution in [0.4, 0.5) is 4.79 Å². The van der Waals surface area contributed by atoms with Crippen LogP contribution in [0, 0.1) is 0 Å². The number of methoxy groups -OCH3 is 1. The lowest BCUT2D eigenvalue weighted by molar-refractivity contribution is -0.136. The Morgan fingerprint density at radius 1 is 1.36 bits per heavy atom. The summed E-state index contributed by atoms with van der Waals surface area (Å²) in [4.78, 5) is 26.9. The van der Waals surface area contributed by atoms with Crippen molar-refractivity contribution in [3.63, 3.8) is 0 Å². The number of carbonyl (C=O) groups excluding carboxylic acids is 2. The number of halogens is 1. The number of hydrogen-bond acceptors (Lipinski definition) is 5. The van der Waals surface area contributed by atoms with Crippen LogP contribution in [0.3, 0.4) is 0 Å². The van der Waals surface area contributed by atoms with Gasteiger partial charge < -0.3 is 15.4 Å². The monoisotopic (exact) mass is 381 g/mol. The van der Waals surface area contributed by atoms with Gasteiger partial charge in [0.15, 0.2) is 0 Å². The molecule has 0 bridgehead atoms. The Hall–Kier alpha value is -1.70. The number of nitrogens with zero attached hydrogens (tertiary/aromatic N) is 1. The third kappa shape index (κ3) is 4.11. The van der Waals surface area contributed by atoms with Gasteiger partial charge in [-0.3, -0.25) is 4.90 Å². The fourth-order valence-corrected chi connectivity index (χ4v) is 4.24. The van der Waals surface area contributed by atoms with Crippen LogP contribution in [0.25, 0.3) is 0 Å². The first-order chi connectivity index (χ1) is 12.1. The van der Waals surface area contributed by atoms with Gasteiger partial charge in [-0.2, -0.15) is 11.8 Å². The highest BCUT2D eigenvalue weighted by Crippen LogP contribution is 2.32. The Bertz CT molecular complexity index is 704. The fraction of sp³-hybridized carbons (Fsp3) is 0.412. The van der Waals surface area contributed by atoms with Crippen LogP contribution >= 0.6 is 23.4 Å². The van der Waals surface area contributed by atoms with Crippen LogP contribution in [0.1, 0.15) is 11.6 Å². The minimum Gasteiger partial charge on any atom is -0.466 e. The van der Waals surface area contributed by atoms with Crippen molar-refractivity contribution in [2.24, 2.45) is 0 Å². The minimum atomic E-state index is -0.635. The molecule has 1 aromatic rings. The lowest BCUT2D eigenvalue weighted by Gasteiger charge is -2.33. The van der Waals surface area contributed by atoms with E-state index in [4.69, 9.17) is 16.3 Å². The minimum absolute atomic E-state index is 0.348. The second kappa shape index (κ2) is 8.12. The van der Waals surface area contributed by atoms with E-state index in [1.54, 1.807) is 12.1 Å². The standard InChI is InChI=1S/C17H20ClN3O3S/c1-24-16(22)14-13(10-21-6-8-25-9-7-21)19-17(23)20-15(14)11-4-2-3-5-12(11)18/h2-5,15H,6-10H2,1H3,(H2,19,20,23). The second-order valence-corrected chi connectivity index (χ2v) is 7.46. The molecule has 0 saturated carbocycles. The molecule has 2 heterocycles. The molecular formula is C17H20ClN3O3S. The Kier molecular flexibility index (Phi) is 5.88. The predicted octanol–water partition coefficient (Wildman–Crippen LogP) is 2.17. The van der Waals surface area contributed by atoms with Crippen molar-refractivity contribution in [2.45, 2.75) is 6.04 Å². The number of rotatable bonds is 4. The lowest BCUT2D eigenvalue weighted by atomic mass is 9.95. The summed E-state index contributed by atoms with van der Waals surface area (Å²) in [5.41, 5.74) is 1.65. The number of carbonyl (C=O) groups is 2. The van der Waals surface area contributed by atoms with Gasteiger partial charge in [-0.1, -0.05) is 29.8 Å². The number of nitrogens with one attached hydrogen (secondary N) is 2. The van der Waals surface area contributed by atoms with Crippen molar-refractivity contribution in [1.82, 2.24) is 15.5 Å². The van der Waals surface area contributed by atoms with E-state index in [1.807, 2.05) is 23.9 Å². The fourth-order valence-electron chi connectivity index (χ4n) is 3.02. The first-order valence-electron chi connectivity index (χ1n) is 8.03. The maximum atomic E-state index is 12.5. The van der Waals surface area contributed by atoms with E-state index in [0.717, 1.165) is 24.6 Å². The number of ether oxygens (including phenoxy) is 1. The van der Waals surface area contributed by atoms with Gasteiger partial charge in [0.05, 0.1) is 18.7 Å². The summed E-state index contributed by atoms with van der Waals surface area (Å²) in [6.45, 7) is 2.34. The van der Waals surface area contributed by atoms with Gasteiger partial charge in [-0.25, -0.2) is 9.59 Å². The van der Waals surface area contributed by atoms with Gasteiger partial charge in [-0.15, -0.1) is 0 Å². The van der Waals surface area contributed by atoms with Gasteiger partial charge in [0.25, 0.3) is 0 Å². The van der Waals surface area contributed by atoms with Crippen LogP contribution in [-0.2, 0) is 9.53 Å². The quantitative estimate of drug-likeness (QED) is 0.782. The number of urea groups is 1. The van der Waals surface area contributed by atoms with Crippen molar-refractivity contribution in [1.29, 1.82) is 0 Å². The molecule has 0 radical (unpaired) electrons. The molecule has 2 N–H and O–H groups in total.